The lowest BCUT2D eigenvalue weighted by molar-refractivity contribution is -0.136. The number of amides is 1. The molecule has 0 radical (unpaired) electrons. The molecule has 2 aromatic carbocycles. The van der Waals surface area contributed by atoms with E-state index in [2.05, 4.69) is 10.6 Å². The summed E-state index contributed by atoms with van der Waals surface area (Å²) in [6, 6.07) is 9.33. The molecule has 2 aliphatic rings. The second kappa shape index (κ2) is 7.73. The van der Waals surface area contributed by atoms with Crippen LogP contribution in [0, 0.1) is 17.5 Å². The van der Waals surface area contributed by atoms with Crippen LogP contribution in [-0.4, -0.2) is 39.5 Å². The fourth-order valence-corrected chi connectivity index (χ4v) is 3.89. The molecule has 1 amide bonds. The van der Waals surface area contributed by atoms with Gasteiger partial charge in [-0.25, -0.2) is 18.2 Å². The van der Waals surface area contributed by atoms with Crippen LogP contribution < -0.4 is 10.6 Å². The molecule has 3 heterocycles. The first-order valence-corrected chi connectivity index (χ1v) is 10.1. The molecule has 9 heteroatoms. The molecule has 1 fully saturated rings. The minimum absolute atomic E-state index is 0.0546. The summed E-state index contributed by atoms with van der Waals surface area (Å²) in [5, 5.41) is 6.26. The van der Waals surface area contributed by atoms with Crippen molar-refractivity contribution in [3.63, 3.8) is 0 Å². The molecule has 3 aromatic rings. The van der Waals surface area contributed by atoms with E-state index in [9.17, 15) is 18.0 Å². The van der Waals surface area contributed by atoms with Gasteiger partial charge in [-0.05, 0) is 49.4 Å². The van der Waals surface area contributed by atoms with Gasteiger partial charge in [0.2, 0.25) is 5.91 Å². The molecule has 0 saturated carbocycles. The third-order valence-corrected chi connectivity index (χ3v) is 5.71. The van der Waals surface area contributed by atoms with Gasteiger partial charge in [0.15, 0.2) is 11.6 Å². The van der Waals surface area contributed by atoms with Gasteiger partial charge in [-0.1, -0.05) is 0 Å². The molecule has 0 unspecified atom stereocenters. The zero-order chi connectivity index (χ0) is 21.5. The summed E-state index contributed by atoms with van der Waals surface area (Å²) in [6.07, 6.45) is 0.827. The second-order valence-corrected chi connectivity index (χ2v) is 7.69. The Bertz CT molecular complexity index is 1140. The van der Waals surface area contributed by atoms with Gasteiger partial charge in [-0.2, -0.15) is 0 Å². The fourth-order valence-electron chi connectivity index (χ4n) is 3.89. The van der Waals surface area contributed by atoms with Crippen molar-refractivity contribution in [3.8, 4) is 11.3 Å². The summed E-state index contributed by atoms with van der Waals surface area (Å²) in [7, 11) is 0. The van der Waals surface area contributed by atoms with E-state index in [1.165, 1.54) is 18.2 Å². The number of nitrogens with one attached hydrogen (secondary N) is 2. The fraction of sp³-hybridized carbons (Fsp3) is 0.273. The van der Waals surface area contributed by atoms with Crippen molar-refractivity contribution in [1.29, 1.82) is 0 Å². The molecular weight excluding hydrogens is 407 g/mol. The monoisotopic (exact) mass is 427 g/mol. The molecule has 2 aliphatic heterocycles. The first-order valence-electron chi connectivity index (χ1n) is 10.1. The third kappa shape index (κ3) is 3.65. The molecule has 1 atom stereocenters. The van der Waals surface area contributed by atoms with Crippen LogP contribution in [0.25, 0.3) is 11.3 Å². The maximum Gasteiger partial charge on any atom is 0.240 e. The third-order valence-electron chi connectivity index (χ3n) is 5.71. The maximum absolute atomic E-state index is 13.7. The lowest BCUT2D eigenvalue weighted by atomic mass is 10.1. The van der Waals surface area contributed by atoms with Crippen LogP contribution in [0.2, 0.25) is 0 Å². The largest absolute Gasteiger partial charge is 0.340 e. The molecule has 0 spiro atoms. The average Bonchev–Trinajstić information content (AvgIpc) is 3.07. The van der Waals surface area contributed by atoms with Crippen molar-refractivity contribution in [1.82, 2.24) is 19.8 Å². The number of rotatable bonds is 4. The molecule has 5 rings (SSSR count). The van der Waals surface area contributed by atoms with Crippen molar-refractivity contribution in [3.05, 3.63) is 65.7 Å². The predicted octanol–water partition coefficient (Wildman–Crippen LogP) is 3.42. The number of aromatic nitrogens is 2. The summed E-state index contributed by atoms with van der Waals surface area (Å²) < 4.78 is 42.5. The average molecular weight is 427 g/mol. The molecule has 2 N–H and O–H groups in total. The van der Waals surface area contributed by atoms with E-state index >= 15 is 0 Å². The lowest BCUT2D eigenvalue weighted by Crippen LogP contribution is -2.55. The van der Waals surface area contributed by atoms with Gasteiger partial charge in [-0.15, -0.1) is 0 Å². The Morgan fingerprint density at radius 1 is 1.06 bits per heavy atom. The predicted molar refractivity (Wildman–Crippen MR) is 109 cm³/mol. The van der Waals surface area contributed by atoms with Gasteiger partial charge >= 0.3 is 0 Å². The van der Waals surface area contributed by atoms with E-state index in [4.69, 9.17) is 4.98 Å². The highest BCUT2D eigenvalue weighted by Crippen LogP contribution is 2.34. The molecule has 0 bridgehead atoms. The number of hydrogen-bond donors (Lipinski definition) is 2. The van der Waals surface area contributed by atoms with Gasteiger partial charge in [0, 0.05) is 30.4 Å². The molecule has 31 heavy (non-hydrogen) atoms. The Morgan fingerprint density at radius 2 is 1.84 bits per heavy atom. The van der Waals surface area contributed by atoms with E-state index in [-0.39, 0.29) is 17.8 Å². The quantitative estimate of drug-likeness (QED) is 0.670. The minimum atomic E-state index is -0.962. The number of benzene rings is 2. The van der Waals surface area contributed by atoms with Crippen LogP contribution >= 0.6 is 0 Å². The van der Waals surface area contributed by atoms with Gasteiger partial charge in [0.05, 0.1) is 12.6 Å². The molecular formula is C22H20F3N5O. The van der Waals surface area contributed by atoms with Crippen LogP contribution in [0.4, 0.5) is 24.7 Å². The summed E-state index contributed by atoms with van der Waals surface area (Å²) in [6.45, 7) is 2.18. The number of carbonyl (C=O) groups excluding carboxylic acids is 1. The molecule has 1 aromatic heterocycles. The SMILES string of the molecule is O=C([C@@H]1CCN1)N1CCn2c(nc(-c3ccc(F)cc3)c2Nc2ccc(F)c(F)c2)C1. The van der Waals surface area contributed by atoms with Crippen LogP contribution in [0.15, 0.2) is 42.5 Å². The van der Waals surface area contributed by atoms with Crippen molar-refractivity contribution in [2.75, 3.05) is 18.4 Å². The van der Waals surface area contributed by atoms with Crippen molar-refractivity contribution < 1.29 is 18.0 Å². The lowest BCUT2D eigenvalue weighted by Gasteiger charge is -2.35. The topological polar surface area (TPSA) is 62.2 Å². The highest BCUT2D eigenvalue weighted by atomic mass is 19.2. The highest BCUT2D eigenvalue weighted by Gasteiger charge is 2.33. The Labute approximate surface area is 176 Å². The smallest absolute Gasteiger partial charge is 0.240 e. The summed E-state index contributed by atoms with van der Waals surface area (Å²) >= 11 is 0. The van der Waals surface area contributed by atoms with Crippen LogP contribution in [0.1, 0.15) is 12.2 Å². The Hall–Kier alpha value is -3.33. The number of nitrogens with zero attached hydrogens (tertiary/aromatic N) is 3. The summed E-state index contributed by atoms with van der Waals surface area (Å²) in [5.74, 6) is -0.953. The highest BCUT2D eigenvalue weighted by molar-refractivity contribution is 5.83. The number of fused-ring (bicyclic) bond motifs is 1. The first kappa shape index (κ1) is 19.6. The van der Waals surface area contributed by atoms with Crippen molar-refractivity contribution in [2.24, 2.45) is 0 Å². The minimum Gasteiger partial charge on any atom is -0.340 e. The van der Waals surface area contributed by atoms with Crippen molar-refractivity contribution in [2.45, 2.75) is 25.6 Å². The number of anilines is 2. The van der Waals surface area contributed by atoms with Gasteiger partial charge in [-0.3, -0.25) is 4.79 Å². The van der Waals surface area contributed by atoms with Crippen LogP contribution in [0.3, 0.4) is 0 Å². The van der Waals surface area contributed by atoms with E-state index in [1.807, 2.05) is 4.57 Å². The Balaban J connectivity index is 1.52. The Kier molecular flexibility index (Phi) is 4.90. The van der Waals surface area contributed by atoms with Gasteiger partial charge < -0.3 is 20.1 Å². The van der Waals surface area contributed by atoms with Gasteiger partial charge in [0.25, 0.3) is 0 Å². The van der Waals surface area contributed by atoms with Crippen LogP contribution in [-0.2, 0) is 17.9 Å². The zero-order valence-corrected chi connectivity index (χ0v) is 16.5. The number of imidazole rings is 1. The van der Waals surface area contributed by atoms with Crippen LogP contribution in [0.5, 0.6) is 0 Å². The molecule has 0 aliphatic carbocycles. The van der Waals surface area contributed by atoms with Gasteiger partial charge in [0.1, 0.15) is 23.2 Å². The second-order valence-electron chi connectivity index (χ2n) is 7.69. The molecule has 6 nitrogen and oxygen atoms in total. The van der Waals surface area contributed by atoms with Crippen molar-refractivity contribution >= 4 is 17.4 Å². The summed E-state index contributed by atoms with van der Waals surface area (Å²) in [5.41, 5.74) is 1.59. The number of carbonyl (C=O) groups is 1. The normalized spacial score (nSPS) is 17.8. The number of hydrogen-bond acceptors (Lipinski definition) is 4. The molecule has 1 saturated heterocycles. The summed E-state index contributed by atoms with van der Waals surface area (Å²) in [4.78, 5) is 19.1. The van der Waals surface area contributed by atoms with E-state index in [1.54, 1.807) is 17.0 Å². The number of halogens is 3. The van der Waals surface area contributed by atoms with E-state index in [0.717, 1.165) is 25.1 Å². The Morgan fingerprint density at radius 3 is 2.52 bits per heavy atom. The van der Waals surface area contributed by atoms with E-state index < -0.39 is 11.6 Å². The maximum atomic E-state index is 13.7. The standard InChI is InChI=1S/C22H20F3N5O/c23-14-3-1-13(2-4-14)20-21(27-15-5-6-16(24)17(25)11-15)30-10-9-29(12-19(30)28-20)22(31)18-7-8-26-18/h1-6,11,18,26-27H,7-10,12H2/t18-/m0/s1. The van der Waals surface area contributed by atoms with E-state index in [0.29, 0.717) is 48.2 Å². The molecule has 160 valence electrons. The first-order chi connectivity index (χ1) is 15.0. The zero-order valence-electron chi connectivity index (χ0n) is 16.5.